The van der Waals surface area contributed by atoms with Crippen molar-refractivity contribution in [3.8, 4) is 39.7 Å². The third kappa shape index (κ3) is 5.78. The molecule has 3 aromatic heterocycles. The summed E-state index contributed by atoms with van der Waals surface area (Å²) in [5.41, 5.74) is 3.85. The molecule has 1 radical (unpaired) electrons. The number of nitrogens with zero attached hydrogens (tertiary/aromatic N) is 3. The number of fused-ring (bicyclic) bond motifs is 3. The van der Waals surface area contributed by atoms with Crippen LogP contribution in [0.25, 0.3) is 55.6 Å². The van der Waals surface area contributed by atoms with Crippen LogP contribution in [0.15, 0.2) is 120 Å². The molecule has 0 N–H and O–H groups in total. The molecule has 0 atom stereocenters. The molecule has 7 rings (SSSR count). The molecule has 205 valence electrons. The summed E-state index contributed by atoms with van der Waals surface area (Å²) in [4.78, 5) is 8.45. The molecule has 0 bridgehead atoms. The number of hydrogen-bond donors (Lipinski definition) is 0. The van der Waals surface area contributed by atoms with Crippen molar-refractivity contribution < 1.29 is 39.6 Å². The van der Waals surface area contributed by atoms with Gasteiger partial charge < -0.3 is 14.4 Å². The van der Waals surface area contributed by atoms with Gasteiger partial charge >= 0.3 is 0 Å². The zero-order valence-electron chi connectivity index (χ0n) is 32.7. The van der Waals surface area contributed by atoms with Crippen molar-refractivity contribution in [3.63, 3.8) is 0 Å². The first-order valence-electron chi connectivity index (χ1n) is 17.9. The van der Waals surface area contributed by atoms with Crippen LogP contribution < -0.4 is 0 Å². The van der Waals surface area contributed by atoms with E-state index in [1.807, 2.05) is 18.2 Å². The number of nitriles is 1. The van der Waals surface area contributed by atoms with E-state index in [1.54, 1.807) is 42.6 Å². The van der Waals surface area contributed by atoms with Gasteiger partial charge in [-0.05, 0) is 41.5 Å². The number of benzene rings is 4. The fraction of sp³-hybridized carbons (Fsp3) is 0.0541. The van der Waals surface area contributed by atoms with Gasteiger partial charge in [-0.25, -0.2) is 0 Å². The van der Waals surface area contributed by atoms with Crippen LogP contribution in [-0.4, -0.2) is 9.97 Å². The van der Waals surface area contributed by atoms with Gasteiger partial charge in [-0.3, -0.25) is 0 Å². The summed E-state index contributed by atoms with van der Waals surface area (Å²) in [6, 6.07) is 25.8. The molecular weight excluding hydrogens is 695 g/mol. The third-order valence-electron chi connectivity index (χ3n) is 6.24. The van der Waals surface area contributed by atoms with Crippen LogP contribution in [0.3, 0.4) is 0 Å². The Hall–Kier alpha value is -4.88. The first-order chi connectivity index (χ1) is 24.6. The Kier molecular flexibility index (Phi) is 5.41. The SMILES string of the molecule is [2H]C([2H])([2H])c1c[c-]c(-c2ccc(C([2H])([2H])[2H])cn2)cc1.[2H]c1c([2H])c([2H])c(-c2c(C#N)ccc3c2oc2c(-c4ccccn4)[c-]ccc23)c([2H])c1[2H].[Ir]. The Balaban J connectivity index is 0.000000223. The number of hydrogen-bond acceptors (Lipinski definition) is 4. The van der Waals surface area contributed by atoms with Gasteiger partial charge in [0, 0.05) is 51.7 Å². The van der Waals surface area contributed by atoms with Crippen molar-refractivity contribution in [2.75, 3.05) is 0 Å². The normalized spacial score (nSPS) is 14.8. The van der Waals surface area contributed by atoms with E-state index in [9.17, 15) is 5.26 Å². The molecule has 0 fully saturated rings. The summed E-state index contributed by atoms with van der Waals surface area (Å²) in [5.74, 6) is 0. The average molecular weight is 731 g/mol. The van der Waals surface area contributed by atoms with Crippen molar-refractivity contribution in [3.05, 3.63) is 144 Å². The molecule has 4 nitrogen and oxygen atoms in total. The molecular formula is C37H25IrN3O-2. The molecule has 3 heterocycles. The molecule has 0 saturated heterocycles. The average Bonchev–Trinajstić information content (AvgIpc) is 3.52. The van der Waals surface area contributed by atoms with Crippen molar-refractivity contribution in [2.24, 2.45) is 0 Å². The Morgan fingerprint density at radius 3 is 2.36 bits per heavy atom. The van der Waals surface area contributed by atoms with E-state index in [0.29, 0.717) is 33.5 Å². The van der Waals surface area contributed by atoms with Gasteiger partial charge in [0.2, 0.25) is 0 Å². The van der Waals surface area contributed by atoms with Crippen LogP contribution in [0.5, 0.6) is 0 Å². The van der Waals surface area contributed by atoms with Crippen molar-refractivity contribution >= 4 is 21.9 Å². The van der Waals surface area contributed by atoms with E-state index in [4.69, 9.17) is 19.5 Å². The Labute approximate surface area is 274 Å². The van der Waals surface area contributed by atoms with Gasteiger partial charge in [-0.1, -0.05) is 78.3 Å². The molecule has 0 amide bonds. The molecule has 4 aromatic carbocycles. The van der Waals surface area contributed by atoms with Gasteiger partial charge in [-0.15, -0.1) is 53.6 Å². The van der Waals surface area contributed by atoms with E-state index < -0.39 is 43.9 Å². The van der Waals surface area contributed by atoms with Gasteiger partial charge in [0.1, 0.15) is 5.58 Å². The standard InChI is InChI=1S/C24H13N2O.C13H12N.Ir/c25-15-17-12-13-19-18-9-6-10-20(21-11-4-5-14-26-21)23(18)27-24(19)22(17)16-7-2-1-3-8-16;1-10-3-6-12(7-4-10)13-8-5-11(2)9-14-13;/h1-9,11-14H;3-6,8-9H,1-2H3;/q2*-1;/i1D,2D,3D,7D,8D;1D3,2D3;. The minimum atomic E-state index is -2.18. The number of rotatable bonds is 3. The van der Waals surface area contributed by atoms with Crippen molar-refractivity contribution in [1.82, 2.24) is 9.97 Å². The van der Waals surface area contributed by atoms with Gasteiger partial charge in [0.15, 0.2) is 0 Å². The Bertz CT molecular complexity index is 2410. The summed E-state index contributed by atoms with van der Waals surface area (Å²) >= 11 is 0. The quantitative estimate of drug-likeness (QED) is 0.170. The molecule has 7 aromatic rings. The largest absolute Gasteiger partial charge is 0.500 e. The summed E-state index contributed by atoms with van der Waals surface area (Å²) in [7, 11) is 0. The maximum atomic E-state index is 9.76. The van der Waals surface area contributed by atoms with E-state index in [-0.39, 0.29) is 53.5 Å². The van der Waals surface area contributed by atoms with Crippen LogP contribution >= 0.6 is 0 Å². The summed E-state index contributed by atoms with van der Waals surface area (Å²) < 4.78 is 90.6. The Morgan fingerprint density at radius 2 is 1.67 bits per heavy atom. The van der Waals surface area contributed by atoms with E-state index >= 15 is 0 Å². The Morgan fingerprint density at radius 1 is 0.833 bits per heavy atom. The van der Waals surface area contributed by atoms with Crippen LogP contribution in [0.1, 0.15) is 31.8 Å². The van der Waals surface area contributed by atoms with E-state index in [2.05, 4.69) is 28.2 Å². The maximum absolute atomic E-state index is 9.76. The fourth-order valence-electron chi connectivity index (χ4n) is 4.36. The molecule has 5 heteroatoms. The van der Waals surface area contributed by atoms with Crippen LogP contribution in [0, 0.1) is 37.2 Å². The number of furan rings is 1. The second-order valence-electron chi connectivity index (χ2n) is 8.81. The predicted molar refractivity (Wildman–Crippen MR) is 164 cm³/mol. The van der Waals surface area contributed by atoms with Crippen LogP contribution in [0.2, 0.25) is 0 Å². The zero-order valence-corrected chi connectivity index (χ0v) is 24.1. The second-order valence-corrected chi connectivity index (χ2v) is 8.81. The predicted octanol–water partition coefficient (Wildman–Crippen LogP) is 9.15. The minimum Gasteiger partial charge on any atom is -0.500 e. The van der Waals surface area contributed by atoms with E-state index in [0.717, 1.165) is 5.39 Å². The number of pyridine rings is 2. The summed E-state index contributed by atoms with van der Waals surface area (Å²) in [5, 5.41) is 11.2. The molecule has 0 aliphatic rings. The summed E-state index contributed by atoms with van der Waals surface area (Å²) in [6.45, 7) is -4.34. The van der Waals surface area contributed by atoms with Crippen LogP contribution in [0.4, 0.5) is 0 Å². The third-order valence-corrected chi connectivity index (χ3v) is 6.24. The van der Waals surface area contributed by atoms with E-state index in [1.165, 1.54) is 24.4 Å². The maximum Gasteiger partial charge on any atom is 0.130 e. The van der Waals surface area contributed by atoms with Gasteiger partial charge in [0.05, 0.1) is 24.1 Å². The fourth-order valence-corrected chi connectivity index (χ4v) is 4.36. The summed E-state index contributed by atoms with van der Waals surface area (Å²) in [6.07, 6.45) is 2.96. The first-order valence-corrected chi connectivity index (χ1v) is 12.4. The number of aromatic nitrogens is 2. The molecule has 0 aliphatic heterocycles. The van der Waals surface area contributed by atoms with Gasteiger partial charge in [0.25, 0.3) is 0 Å². The molecule has 42 heavy (non-hydrogen) atoms. The molecule has 0 spiro atoms. The second kappa shape index (κ2) is 12.7. The minimum absolute atomic E-state index is 0. The van der Waals surface area contributed by atoms with Gasteiger partial charge in [-0.2, -0.15) is 5.26 Å². The monoisotopic (exact) mass is 731 g/mol. The zero-order chi connectivity index (χ0) is 37.5. The molecule has 0 saturated carbocycles. The van der Waals surface area contributed by atoms with Crippen molar-refractivity contribution in [1.29, 1.82) is 5.26 Å². The number of aryl methyl sites for hydroxylation is 2. The molecule has 0 unspecified atom stereocenters. The topological polar surface area (TPSA) is 62.7 Å². The molecule has 0 aliphatic carbocycles. The van der Waals surface area contributed by atoms with Crippen molar-refractivity contribution in [2.45, 2.75) is 13.7 Å². The first kappa shape index (κ1) is 17.8. The smallest absolute Gasteiger partial charge is 0.130 e. The van der Waals surface area contributed by atoms with Crippen LogP contribution in [-0.2, 0) is 20.1 Å².